The maximum atomic E-state index is 13.2. The molecule has 9 heteroatoms. The van der Waals surface area contributed by atoms with Crippen LogP contribution in [0.5, 0.6) is 0 Å². The van der Waals surface area contributed by atoms with Gasteiger partial charge in [-0.2, -0.15) is 13.2 Å². The van der Waals surface area contributed by atoms with E-state index in [1.807, 2.05) is 13.8 Å². The summed E-state index contributed by atoms with van der Waals surface area (Å²) < 4.78 is 44.7. The molecule has 0 atom stereocenters. The Morgan fingerprint density at radius 1 is 1.18 bits per heavy atom. The van der Waals surface area contributed by atoms with Gasteiger partial charge in [0.2, 0.25) is 5.91 Å². The van der Waals surface area contributed by atoms with Crippen molar-refractivity contribution in [2.45, 2.75) is 45.3 Å². The zero-order chi connectivity index (χ0) is 24.1. The van der Waals surface area contributed by atoms with Crippen molar-refractivity contribution in [1.29, 1.82) is 0 Å². The molecule has 0 bridgehead atoms. The first-order valence-electron chi connectivity index (χ1n) is 10.6. The Kier molecular flexibility index (Phi) is 5.46. The van der Waals surface area contributed by atoms with Crippen molar-refractivity contribution in [2.24, 2.45) is 0 Å². The molecule has 2 amide bonds. The van der Waals surface area contributed by atoms with Gasteiger partial charge in [-0.3, -0.25) is 9.59 Å². The molecule has 1 N–H and O–H groups in total. The lowest BCUT2D eigenvalue weighted by Crippen LogP contribution is -2.63. The maximum Gasteiger partial charge on any atom is 0.416 e. The van der Waals surface area contributed by atoms with Crippen LogP contribution in [0.3, 0.4) is 0 Å². The quantitative estimate of drug-likeness (QED) is 0.599. The zero-order valence-electron chi connectivity index (χ0n) is 18.7. The highest BCUT2D eigenvalue weighted by Crippen LogP contribution is 2.34. The number of halogens is 3. The number of hydrogen-bond donors (Lipinski definition) is 1. The third-order valence-electron chi connectivity index (χ3n) is 5.95. The highest BCUT2D eigenvalue weighted by Gasteiger charge is 2.41. The van der Waals surface area contributed by atoms with Gasteiger partial charge in [0, 0.05) is 30.3 Å². The topological polar surface area (TPSA) is 75.4 Å². The molecule has 2 aromatic heterocycles. The predicted octanol–water partition coefficient (Wildman–Crippen LogP) is 4.99. The van der Waals surface area contributed by atoms with E-state index in [1.54, 1.807) is 19.9 Å². The van der Waals surface area contributed by atoms with Crippen molar-refractivity contribution in [2.75, 3.05) is 13.1 Å². The van der Waals surface area contributed by atoms with Crippen LogP contribution in [0.1, 0.15) is 55.3 Å². The summed E-state index contributed by atoms with van der Waals surface area (Å²) in [5.74, 6) is -0.593. The first-order chi connectivity index (χ1) is 15.4. The van der Waals surface area contributed by atoms with Crippen LogP contribution in [0.15, 0.2) is 40.8 Å². The Hall–Kier alpha value is -3.36. The van der Waals surface area contributed by atoms with E-state index in [4.69, 9.17) is 4.42 Å². The van der Waals surface area contributed by atoms with Crippen molar-refractivity contribution in [3.63, 3.8) is 0 Å². The van der Waals surface area contributed by atoms with E-state index in [0.29, 0.717) is 35.4 Å². The molecule has 0 radical (unpaired) electrons. The minimum atomic E-state index is -4.42. The van der Waals surface area contributed by atoms with Crippen LogP contribution in [0.25, 0.3) is 22.4 Å². The molecule has 4 rings (SSSR count). The molecule has 1 saturated heterocycles. The number of alkyl halides is 3. The van der Waals surface area contributed by atoms with Crippen molar-refractivity contribution in [3.8, 4) is 11.3 Å². The molecule has 1 fully saturated rings. The first-order valence-corrected chi connectivity index (χ1v) is 10.6. The monoisotopic (exact) mass is 459 g/mol. The number of aromatic nitrogens is 1. The van der Waals surface area contributed by atoms with Crippen LogP contribution < -0.4 is 5.32 Å². The summed E-state index contributed by atoms with van der Waals surface area (Å²) in [6.07, 6.45) is -4.42. The van der Waals surface area contributed by atoms with E-state index >= 15 is 0 Å². The molecule has 174 valence electrons. The third-order valence-corrected chi connectivity index (χ3v) is 5.95. The minimum Gasteiger partial charge on any atom is -0.449 e. The summed E-state index contributed by atoms with van der Waals surface area (Å²) in [5.41, 5.74) is 0.896. The number of rotatable bonds is 3. The number of benzene rings is 1. The average molecular weight is 459 g/mol. The Labute approximate surface area is 188 Å². The fourth-order valence-electron chi connectivity index (χ4n) is 3.95. The molecule has 0 spiro atoms. The van der Waals surface area contributed by atoms with Gasteiger partial charge in [0.05, 0.1) is 11.3 Å². The number of hydrogen-bond acceptors (Lipinski definition) is 4. The number of nitrogens with zero attached hydrogens (tertiary/aromatic N) is 2. The Morgan fingerprint density at radius 2 is 1.85 bits per heavy atom. The lowest BCUT2D eigenvalue weighted by molar-refractivity contribution is -0.137. The van der Waals surface area contributed by atoms with Crippen molar-refractivity contribution in [3.05, 3.63) is 53.3 Å². The molecule has 1 aromatic carbocycles. The second-order valence-electron chi connectivity index (χ2n) is 8.92. The van der Waals surface area contributed by atoms with Crippen LogP contribution in [0, 0.1) is 0 Å². The van der Waals surface area contributed by atoms with Gasteiger partial charge in [0.1, 0.15) is 11.1 Å². The lowest BCUT2D eigenvalue weighted by Gasteiger charge is -2.40. The average Bonchev–Trinajstić information content (AvgIpc) is 3.18. The van der Waals surface area contributed by atoms with Crippen molar-refractivity contribution in [1.82, 2.24) is 15.2 Å². The molecular weight excluding hydrogens is 435 g/mol. The summed E-state index contributed by atoms with van der Waals surface area (Å²) in [5, 5.41) is 2.75. The van der Waals surface area contributed by atoms with Crippen LogP contribution in [-0.4, -0.2) is 40.3 Å². The largest absolute Gasteiger partial charge is 0.449 e. The number of carbonyl (C=O) groups is 2. The summed E-state index contributed by atoms with van der Waals surface area (Å²) >= 11 is 0. The van der Waals surface area contributed by atoms with Gasteiger partial charge >= 0.3 is 6.18 Å². The van der Waals surface area contributed by atoms with Crippen LogP contribution in [0.2, 0.25) is 0 Å². The zero-order valence-corrected chi connectivity index (χ0v) is 18.7. The summed E-state index contributed by atoms with van der Waals surface area (Å²) in [4.78, 5) is 31.5. The van der Waals surface area contributed by atoms with E-state index in [1.165, 1.54) is 23.1 Å². The van der Waals surface area contributed by atoms with Gasteiger partial charge in [-0.25, -0.2) is 4.98 Å². The molecule has 3 aromatic rings. The van der Waals surface area contributed by atoms with Crippen molar-refractivity contribution < 1.29 is 27.2 Å². The third kappa shape index (κ3) is 4.07. The fraction of sp³-hybridized carbons (Fsp3) is 0.375. The number of amides is 2. The molecule has 0 unspecified atom stereocenters. The number of pyridine rings is 1. The lowest BCUT2D eigenvalue weighted by atomic mass is 9.98. The SMILES string of the molecule is CC(C)c1cc(-c2ccc(C(F)(F)F)cc2)nc2cc(C(=O)N3CCNC(=O)C3(C)C)oc12. The highest BCUT2D eigenvalue weighted by molar-refractivity contribution is 6.00. The van der Waals surface area contributed by atoms with E-state index in [-0.39, 0.29) is 17.6 Å². The number of fused-ring (bicyclic) bond motifs is 1. The molecule has 0 saturated carbocycles. The maximum absolute atomic E-state index is 13.2. The van der Waals surface area contributed by atoms with Gasteiger partial charge in [-0.05, 0) is 38.0 Å². The van der Waals surface area contributed by atoms with E-state index in [9.17, 15) is 22.8 Å². The number of piperazine rings is 1. The number of carbonyl (C=O) groups excluding carboxylic acids is 2. The van der Waals surface area contributed by atoms with Gasteiger partial charge < -0.3 is 14.6 Å². The van der Waals surface area contributed by atoms with E-state index in [2.05, 4.69) is 10.3 Å². The van der Waals surface area contributed by atoms with Gasteiger partial charge in [0.25, 0.3) is 5.91 Å². The Morgan fingerprint density at radius 3 is 2.45 bits per heavy atom. The smallest absolute Gasteiger partial charge is 0.416 e. The molecule has 0 aliphatic carbocycles. The van der Waals surface area contributed by atoms with Gasteiger partial charge in [-0.1, -0.05) is 26.0 Å². The predicted molar refractivity (Wildman–Crippen MR) is 117 cm³/mol. The molecule has 33 heavy (non-hydrogen) atoms. The molecular formula is C24H24F3N3O3. The van der Waals surface area contributed by atoms with Gasteiger partial charge in [-0.15, -0.1) is 0 Å². The highest BCUT2D eigenvalue weighted by atomic mass is 19.4. The van der Waals surface area contributed by atoms with Gasteiger partial charge in [0.15, 0.2) is 11.3 Å². The number of furan rings is 1. The number of nitrogens with one attached hydrogen (secondary N) is 1. The summed E-state index contributed by atoms with van der Waals surface area (Å²) in [6, 6.07) is 8.09. The van der Waals surface area contributed by atoms with E-state index < -0.39 is 23.2 Å². The molecule has 1 aliphatic heterocycles. The normalized spacial score (nSPS) is 16.4. The summed E-state index contributed by atoms with van der Waals surface area (Å²) in [7, 11) is 0. The van der Waals surface area contributed by atoms with Crippen LogP contribution >= 0.6 is 0 Å². The molecule has 6 nitrogen and oxygen atoms in total. The molecule has 3 heterocycles. The second-order valence-corrected chi connectivity index (χ2v) is 8.92. The second kappa shape index (κ2) is 7.90. The molecule has 1 aliphatic rings. The fourth-order valence-corrected chi connectivity index (χ4v) is 3.95. The summed E-state index contributed by atoms with van der Waals surface area (Å²) in [6.45, 7) is 7.93. The van der Waals surface area contributed by atoms with Crippen LogP contribution in [-0.2, 0) is 11.0 Å². The van der Waals surface area contributed by atoms with Crippen molar-refractivity contribution >= 4 is 22.9 Å². The Balaban J connectivity index is 1.77. The van der Waals surface area contributed by atoms with E-state index in [0.717, 1.165) is 17.7 Å². The Bertz CT molecular complexity index is 1230. The minimum absolute atomic E-state index is 0.00926. The first kappa shape index (κ1) is 22.8. The van der Waals surface area contributed by atoms with Crippen LogP contribution in [0.4, 0.5) is 13.2 Å². The standard InChI is InChI=1S/C24H24F3N3O3/c1-13(2)16-11-17(14-5-7-15(8-6-14)24(25,26)27)29-18-12-19(33-20(16)18)21(31)30-10-9-28-22(32)23(30,3)4/h5-8,11-13H,9-10H2,1-4H3,(H,28,32).